The zero-order valence-corrected chi connectivity index (χ0v) is 15.8. The molecule has 26 heavy (non-hydrogen) atoms. The highest BCUT2D eigenvalue weighted by atomic mass is 35.5. The van der Waals surface area contributed by atoms with Crippen molar-refractivity contribution in [2.75, 3.05) is 0 Å². The summed E-state index contributed by atoms with van der Waals surface area (Å²) in [5.41, 5.74) is 7.50. The van der Waals surface area contributed by atoms with Crippen LogP contribution in [0.3, 0.4) is 0 Å². The molecule has 0 atom stereocenters. The first-order valence-electron chi connectivity index (χ1n) is 7.58. The summed E-state index contributed by atoms with van der Waals surface area (Å²) in [5.74, 6) is 1.21. The summed E-state index contributed by atoms with van der Waals surface area (Å²) in [7, 11) is 0. The van der Waals surface area contributed by atoms with Crippen LogP contribution >= 0.6 is 35.4 Å². The van der Waals surface area contributed by atoms with Gasteiger partial charge in [0.15, 0.2) is 5.11 Å². The van der Waals surface area contributed by atoms with Crippen molar-refractivity contribution in [2.24, 2.45) is 10.8 Å². The molecule has 0 aliphatic carbocycles. The number of hydrazone groups is 1. The number of hydrogen-bond donors (Lipinski definition) is 1. The Morgan fingerprint density at radius 1 is 1.23 bits per heavy atom. The van der Waals surface area contributed by atoms with Crippen LogP contribution in [0.1, 0.15) is 11.3 Å². The van der Waals surface area contributed by atoms with Gasteiger partial charge >= 0.3 is 0 Å². The highest BCUT2D eigenvalue weighted by Gasteiger charge is 2.08. The Labute approximate surface area is 166 Å². The van der Waals surface area contributed by atoms with Crippen molar-refractivity contribution in [3.05, 3.63) is 76.2 Å². The fourth-order valence-electron chi connectivity index (χ4n) is 2.19. The molecule has 0 radical (unpaired) electrons. The second-order valence-corrected chi connectivity index (χ2v) is 6.57. The van der Waals surface area contributed by atoms with Crippen LogP contribution < -0.4 is 5.73 Å². The largest absolute Gasteiger partial charge is 0.455 e. The van der Waals surface area contributed by atoms with Gasteiger partial charge in [0.25, 0.3) is 0 Å². The summed E-state index contributed by atoms with van der Waals surface area (Å²) in [6, 6.07) is 12.7. The molecule has 0 unspecified atom stereocenters. The highest BCUT2D eigenvalue weighted by molar-refractivity contribution is 7.80. The van der Waals surface area contributed by atoms with Crippen LogP contribution in [-0.2, 0) is 6.54 Å². The average molecular weight is 405 g/mol. The molecule has 0 saturated heterocycles. The van der Waals surface area contributed by atoms with Crippen molar-refractivity contribution in [3.8, 4) is 11.3 Å². The van der Waals surface area contributed by atoms with E-state index in [1.54, 1.807) is 36.8 Å². The Bertz CT molecular complexity index is 943. The number of benzene rings is 1. The van der Waals surface area contributed by atoms with Gasteiger partial charge in [-0.25, -0.2) is 5.01 Å². The first kappa shape index (κ1) is 18.4. The summed E-state index contributed by atoms with van der Waals surface area (Å²) in [4.78, 5) is 4.06. The molecule has 5 nitrogen and oxygen atoms in total. The maximum atomic E-state index is 6.05. The molecule has 0 aliphatic rings. The minimum Gasteiger partial charge on any atom is -0.455 e. The summed E-state index contributed by atoms with van der Waals surface area (Å²) in [5, 5.41) is 6.91. The lowest BCUT2D eigenvalue weighted by atomic mass is 10.2. The van der Waals surface area contributed by atoms with Crippen LogP contribution in [0.5, 0.6) is 0 Å². The molecule has 3 aromatic rings. The summed E-state index contributed by atoms with van der Waals surface area (Å²) in [6.45, 7) is 0.417. The lowest BCUT2D eigenvalue weighted by Crippen LogP contribution is -2.30. The van der Waals surface area contributed by atoms with E-state index in [0.717, 1.165) is 11.1 Å². The fourth-order valence-corrected chi connectivity index (χ4v) is 2.60. The predicted molar refractivity (Wildman–Crippen MR) is 108 cm³/mol. The van der Waals surface area contributed by atoms with Crippen molar-refractivity contribution >= 4 is 46.7 Å². The molecule has 2 heterocycles. The van der Waals surface area contributed by atoms with Crippen LogP contribution in [0.2, 0.25) is 10.0 Å². The van der Waals surface area contributed by atoms with E-state index in [0.29, 0.717) is 28.1 Å². The van der Waals surface area contributed by atoms with Gasteiger partial charge in [-0.15, -0.1) is 0 Å². The maximum Gasteiger partial charge on any atom is 0.187 e. The van der Waals surface area contributed by atoms with E-state index in [9.17, 15) is 0 Å². The van der Waals surface area contributed by atoms with Gasteiger partial charge < -0.3 is 10.2 Å². The van der Waals surface area contributed by atoms with Crippen molar-refractivity contribution in [1.29, 1.82) is 0 Å². The topological polar surface area (TPSA) is 67.7 Å². The predicted octanol–water partition coefficient (Wildman–Crippen LogP) is 4.73. The standard InChI is InChI=1S/C18H14Cl2N4OS/c19-15-5-3-13(8-16(15)20)17-6-4-14(25-17)10-23-24(18(21)26)11-12-2-1-7-22-9-12/h1-10H,11H2,(H2,21,26). The number of thiocarbonyl (C=S) groups is 1. The smallest absolute Gasteiger partial charge is 0.187 e. The first-order chi connectivity index (χ1) is 12.5. The third kappa shape index (κ3) is 4.60. The lowest BCUT2D eigenvalue weighted by Gasteiger charge is -2.16. The molecule has 0 fully saturated rings. The molecule has 3 rings (SSSR count). The molecular formula is C18H14Cl2N4OS. The van der Waals surface area contributed by atoms with E-state index < -0.39 is 0 Å². The maximum absolute atomic E-state index is 6.05. The second kappa shape index (κ2) is 8.31. The summed E-state index contributed by atoms with van der Waals surface area (Å²) >= 11 is 17.0. The average Bonchev–Trinajstić information content (AvgIpc) is 3.10. The molecule has 0 spiro atoms. The van der Waals surface area contributed by atoms with E-state index in [1.165, 1.54) is 5.01 Å². The quantitative estimate of drug-likeness (QED) is 0.378. The monoisotopic (exact) mass is 404 g/mol. The third-order valence-corrected chi connectivity index (χ3v) is 4.41. The Balaban J connectivity index is 1.75. The van der Waals surface area contributed by atoms with E-state index in [1.807, 2.05) is 24.3 Å². The Hall–Kier alpha value is -2.41. The van der Waals surface area contributed by atoms with E-state index in [4.69, 9.17) is 45.6 Å². The summed E-state index contributed by atoms with van der Waals surface area (Å²) in [6.07, 6.45) is 4.98. The molecule has 0 amide bonds. The molecular weight excluding hydrogens is 391 g/mol. The Morgan fingerprint density at radius 3 is 2.77 bits per heavy atom. The van der Waals surface area contributed by atoms with E-state index >= 15 is 0 Å². The number of furan rings is 1. The zero-order chi connectivity index (χ0) is 18.5. The van der Waals surface area contributed by atoms with Gasteiger partial charge in [0.2, 0.25) is 0 Å². The van der Waals surface area contributed by atoms with E-state index in [2.05, 4.69) is 10.1 Å². The van der Waals surface area contributed by atoms with Crippen molar-refractivity contribution in [2.45, 2.75) is 6.54 Å². The number of hydrogen-bond acceptors (Lipinski definition) is 4. The molecule has 0 aliphatic heterocycles. The number of aromatic nitrogens is 1. The van der Waals surface area contributed by atoms with Crippen LogP contribution in [0, 0.1) is 0 Å². The summed E-state index contributed by atoms with van der Waals surface area (Å²) < 4.78 is 5.77. The van der Waals surface area contributed by atoms with Gasteiger partial charge in [-0.3, -0.25) is 4.98 Å². The molecule has 2 aromatic heterocycles. The molecule has 0 saturated carbocycles. The third-order valence-electron chi connectivity index (χ3n) is 3.46. The second-order valence-electron chi connectivity index (χ2n) is 5.33. The minimum atomic E-state index is 0.154. The number of nitrogens with zero attached hydrogens (tertiary/aromatic N) is 3. The van der Waals surface area contributed by atoms with Crippen molar-refractivity contribution in [1.82, 2.24) is 9.99 Å². The number of nitrogens with two attached hydrogens (primary N) is 1. The Morgan fingerprint density at radius 2 is 2.08 bits per heavy atom. The van der Waals surface area contributed by atoms with Crippen LogP contribution in [0.25, 0.3) is 11.3 Å². The molecule has 0 bridgehead atoms. The van der Waals surface area contributed by atoms with Crippen LogP contribution in [0.4, 0.5) is 0 Å². The lowest BCUT2D eigenvalue weighted by molar-refractivity contribution is 0.442. The van der Waals surface area contributed by atoms with Crippen molar-refractivity contribution < 1.29 is 4.42 Å². The normalized spacial score (nSPS) is 11.0. The van der Waals surface area contributed by atoms with Gasteiger partial charge in [-0.05, 0) is 54.2 Å². The molecule has 1 aromatic carbocycles. The van der Waals surface area contributed by atoms with Crippen molar-refractivity contribution in [3.63, 3.8) is 0 Å². The molecule has 2 N–H and O–H groups in total. The van der Waals surface area contributed by atoms with E-state index in [-0.39, 0.29) is 5.11 Å². The number of halogens is 2. The van der Waals surface area contributed by atoms with Gasteiger partial charge in [0.1, 0.15) is 11.5 Å². The number of rotatable bonds is 5. The Kier molecular flexibility index (Phi) is 5.88. The molecule has 132 valence electrons. The van der Waals surface area contributed by atoms with Gasteiger partial charge in [0.05, 0.1) is 22.8 Å². The van der Waals surface area contributed by atoms with Gasteiger partial charge in [-0.1, -0.05) is 29.3 Å². The van der Waals surface area contributed by atoms with Crippen LogP contribution in [0.15, 0.2) is 64.4 Å². The first-order valence-corrected chi connectivity index (χ1v) is 8.74. The van der Waals surface area contributed by atoms with Gasteiger partial charge in [-0.2, -0.15) is 5.10 Å². The van der Waals surface area contributed by atoms with Gasteiger partial charge in [0, 0.05) is 18.0 Å². The molecule has 8 heteroatoms. The highest BCUT2D eigenvalue weighted by Crippen LogP contribution is 2.29. The van der Waals surface area contributed by atoms with Crippen LogP contribution in [-0.4, -0.2) is 21.3 Å². The zero-order valence-electron chi connectivity index (χ0n) is 13.5. The fraction of sp³-hybridized carbons (Fsp3) is 0.0556. The number of pyridine rings is 1. The SMILES string of the molecule is NC(=S)N(Cc1cccnc1)N=Cc1ccc(-c2ccc(Cl)c(Cl)c2)o1. The minimum absolute atomic E-state index is 0.154.